The first-order chi connectivity index (χ1) is 10.7. The molecule has 2 heteroatoms. The maximum Gasteiger partial charge on any atom is 0.308 e. The number of ether oxygens (including phenoxy) is 1. The molecule has 0 heterocycles. The minimum atomic E-state index is 0.0270. The van der Waals surface area contributed by atoms with Crippen LogP contribution in [0.3, 0.4) is 0 Å². The summed E-state index contributed by atoms with van der Waals surface area (Å²) in [6.07, 6.45) is 17.7. The molecule has 2 saturated carbocycles. The van der Waals surface area contributed by atoms with Gasteiger partial charge in [-0.15, -0.1) is 0 Å². The lowest BCUT2D eigenvalue weighted by Crippen LogP contribution is -2.23. The van der Waals surface area contributed by atoms with Crippen LogP contribution in [0.15, 0.2) is 12.2 Å². The third kappa shape index (κ3) is 5.44. The third-order valence-corrected chi connectivity index (χ3v) is 5.64. The Labute approximate surface area is 136 Å². The lowest BCUT2D eigenvalue weighted by atomic mass is 9.78. The zero-order valence-electron chi connectivity index (χ0n) is 14.6. The van der Waals surface area contributed by atoms with Crippen molar-refractivity contribution < 1.29 is 9.53 Å². The van der Waals surface area contributed by atoms with Crippen molar-refractivity contribution >= 4 is 5.97 Å². The van der Waals surface area contributed by atoms with E-state index < -0.39 is 0 Å². The van der Waals surface area contributed by atoms with Crippen LogP contribution in [0.4, 0.5) is 0 Å². The Kier molecular flexibility index (Phi) is 7.48. The van der Waals surface area contributed by atoms with E-state index in [0.717, 1.165) is 37.5 Å². The fraction of sp³-hybridized carbons (Fsp3) is 0.850. The highest BCUT2D eigenvalue weighted by Gasteiger charge is 2.26. The number of allylic oxidation sites excluding steroid dienone is 2. The molecule has 0 aromatic rings. The van der Waals surface area contributed by atoms with Gasteiger partial charge in [0.05, 0.1) is 12.5 Å². The summed E-state index contributed by atoms with van der Waals surface area (Å²) in [6.45, 7) is 4.71. The van der Waals surface area contributed by atoms with E-state index in [1.807, 2.05) is 6.92 Å². The summed E-state index contributed by atoms with van der Waals surface area (Å²) in [4.78, 5) is 11.8. The van der Waals surface area contributed by atoms with Crippen LogP contribution in [0.1, 0.15) is 78.1 Å². The highest BCUT2D eigenvalue weighted by atomic mass is 16.5. The van der Waals surface area contributed by atoms with E-state index in [4.69, 9.17) is 4.74 Å². The van der Waals surface area contributed by atoms with Crippen molar-refractivity contribution in [1.82, 2.24) is 0 Å². The minimum Gasteiger partial charge on any atom is -0.466 e. The second-order valence-electron chi connectivity index (χ2n) is 7.32. The normalized spacial score (nSPS) is 33.0. The highest BCUT2D eigenvalue weighted by molar-refractivity contribution is 5.72. The Morgan fingerprint density at radius 1 is 0.909 bits per heavy atom. The predicted molar refractivity (Wildman–Crippen MR) is 91.6 cm³/mol. The molecule has 0 amide bonds. The summed E-state index contributed by atoms with van der Waals surface area (Å²) in [5, 5.41) is 0. The molecule has 126 valence electrons. The first-order valence-corrected chi connectivity index (χ1v) is 9.57. The minimum absolute atomic E-state index is 0.0270. The number of carbonyl (C=O) groups is 1. The van der Waals surface area contributed by atoms with Gasteiger partial charge >= 0.3 is 5.97 Å². The topological polar surface area (TPSA) is 26.3 Å². The maximum atomic E-state index is 11.8. The predicted octanol–water partition coefficient (Wildman–Crippen LogP) is 5.52. The molecule has 0 bridgehead atoms. The molecule has 22 heavy (non-hydrogen) atoms. The maximum absolute atomic E-state index is 11.8. The van der Waals surface area contributed by atoms with Crippen LogP contribution < -0.4 is 0 Å². The van der Waals surface area contributed by atoms with Crippen LogP contribution in [-0.4, -0.2) is 12.6 Å². The standard InChI is InChI=1S/C20H34O2/c1-3-5-16-6-8-17(9-7-16)10-11-18-12-14-19(15-13-18)20(21)22-4-2/h10-11,16-19H,3-9,12-15H2,1-2H3. The average Bonchev–Trinajstić information content (AvgIpc) is 2.55. The smallest absolute Gasteiger partial charge is 0.308 e. The van der Waals surface area contributed by atoms with Gasteiger partial charge in [0.15, 0.2) is 0 Å². The number of hydrogen-bond acceptors (Lipinski definition) is 2. The number of carbonyl (C=O) groups excluding carboxylic acids is 1. The molecule has 0 saturated heterocycles. The number of rotatable bonds is 6. The van der Waals surface area contributed by atoms with Gasteiger partial charge in [-0.2, -0.15) is 0 Å². The van der Waals surface area contributed by atoms with E-state index in [1.54, 1.807) is 0 Å². The van der Waals surface area contributed by atoms with Crippen molar-refractivity contribution in [2.45, 2.75) is 78.1 Å². The van der Waals surface area contributed by atoms with Gasteiger partial charge in [0.25, 0.3) is 0 Å². The number of esters is 1. The van der Waals surface area contributed by atoms with Crippen molar-refractivity contribution in [2.75, 3.05) is 6.61 Å². The summed E-state index contributed by atoms with van der Waals surface area (Å²) in [5.41, 5.74) is 0. The summed E-state index contributed by atoms with van der Waals surface area (Å²) >= 11 is 0. The molecule has 0 aromatic heterocycles. The quantitative estimate of drug-likeness (QED) is 0.477. The van der Waals surface area contributed by atoms with Gasteiger partial charge in [0, 0.05) is 0 Å². The van der Waals surface area contributed by atoms with Gasteiger partial charge in [-0.1, -0.05) is 31.9 Å². The average molecular weight is 306 g/mol. The van der Waals surface area contributed by atoms with Gasteiger partial charge in [0.1, 0.15) is 0 Å². The van der Waals surface area contributed by atoms with E-state index in [1.165, 1.54) is 38.5 Å². The van der Waals surface area contributed by atoms with Crippen molar-refractivity contribution in [3.63, 3.8) is 0 Å². The number of hydrogen-bond donors (Lipinski definition) is 0. The van der Waals surface area contributed by atoms with E-state index in [-0.39, 0.29) is 11.9 Å². The highest BCUT2D eigenvalue weighted by Crippen LogP contribution is 2.34. The molecule has 0 aliphatic heterocycles. The van der Waals surface area contributed by atoms with Crippen molar-refractivity contribution in [2.24, 2.45) is 23.7 Å². The molecular weight excluding hydrogens is 272 g/mol. The second-order valence-corrected chi connectivity index (χ2v) is 7.32. The molecule has 0 atom stereocenters. The molecule has 2 nitrogen and oxygen atoms in total. The van der Waals surface area contributed by atoms with Crippen LogP contribution in [0.5, 0.6) is 0 Å². The van der Waals surface area contributed by atoms with Gasteiger partial charge in [-0.25, -0.2) is 0 Å². The summed E-state index contributed by atoms with van der Waals surface area (Å²) < 4.78 is 5.14. The molecule has 0 N–H and O–H groups in total. The van der Waals surface area contributed by atoms with Crippen LogP contribution in [0, 0.1) is 23.7 Å². The molecule has 2 aliphatic rings. The van der Waals surface area contributed by atoms with Gasteiger partial charge in [0.2, 0.25) is 0 Å². The van der Waals surface area contributed by atoms with E-state index in [2.05, 4.69) is 19.1 Å². The fourth-order valence-electron chi connectivity index (χ4n) is 4.20. The first-order valence-electron chi connectivity index (χ1n) is 9.57. The fourth-order valence-corrected chi connectivity index (χ4v) is 4.20. The molecule has 2 fully saturated rings. The van der Waals surface area contributed by atoms with E-state index in [9.17, 15) is 4.79 Å². The lowest BCUT2D eigenvalue weighted by molar-refractivity contribution is -0.149. The summed E-state index contributed by atoms with van der Waals surface area (Å²) in [7, 11) is 0. The van der Waals surface area contributed by atoms with Gasteiger partial charge in [-0.05, 0) is 76.0 Å². The SMILES string of the molecule is CCCC1CCC(C=CC2CCC(C(=O)OCC)CC2)CC1. The zero-order valence-corrected chi connectivity index (χ0v) is 14.6. The molecule has 0 spiro atoms. The Morgan fingerprint density at radius 3 is 1.95 bits per heavy atom. The first kappa shape index (κ1) is 17.6. The Balaban J connectivity index is 1.67. The molecule has 0 aromatic carbocycles. The van der Waals surface area contributed by atoms with Gasteiger partial charge in [-0.3, -0.25) is 4.79 Å². The van der Waals surface area contributed by atoms with Crippen molar-refractivity contribution in [3.05, 3.63) is 12.2 Å². The molecule has 2 aliphatic carbocycles. The van der Waals surface area contributed by atoms with E-state index in [0.29, 0.717) is 12.5 Å². The van der Waals surface area contributed by atoms with Gasteiger partial charge < -0.3 is 4.74 Å². The third-order valence-electron chi connectivity index (χ3n) is 5.64. The molecular formula is C20H34O2. The van der Waals surface area contributed by atoms with Crippen LogP contribution in [0.2, 0.25) is 0 Å². The Morgan fingerprint density at radius 2 is 1.45 bits per heavy atom. The largest absolute Gasteiger partial charge is 0.466 e. The van der Waals surface area contributed by atoms with Crippen molar-refractivity contribution in [3.8, 4) is 0 Å². The molecule has 2 rings (SSSR count). The van der Waals surface area contributed by atoms with Crippen molar-refractivity contribution in [1.29, 1.82) is 0 Å². The Bertz CT molecular complexity index is 345. The van der Waals surface area contributed by atoms with Crippen LogP contribution >= 0.6 is 0 Å². The van der Waals surface area contributed by atoms with E-state index >= 15 is 0 Å². The molecule has 0 radical (unpaired) electrons. The Hall–Kier alpha value is -0.790. The summed E-state index contributed by atoms with van der Waals surface area (Å²) in [5.74, 6) is 2.69. The van der Waals surface area contributed by atoms with Crippen LogP contribution in [0.25, 0.3) is 0 Å². The zero-order chi connectivity index (χ0) is 15.8. The molecule has 0 unspecified atom stereocenters. The van der Waals surface area contributed by atoms with Crippen LogP contribution in [-0.2, 0) is 9.53 Å². The second kappa shape index (κ2) is 9.37. The monoisotopic (exact) mass is 306 g/mol. The summed E-state index contributed by atoms with van der Waals surface area (Å²) in [6, 6.07) is 0. The lowest BCUT2D eigenvalue weighted by Gasteiger charge is -2.28.